The average Bonchev–Trinajstić information content (AvgIpc) is 3.61. The van der Waals surface area contributed by atoms with Crippen LogP contribution in [0.5, 0.6) is 0 Å². The molecule has 0 amide bonds. The van der Waals surface area contributed by atoms with Crippen molar-refractivity contribution in [2.24, 2.45) is 5.92 Å². The number of benzene rings is 1. The molecule has 5 aromatic rings. The van der Waals surface area contributed by atoms with E-state index in [1.54, 1.807) is 12.3 Å². The molecule has 1 aliphatic carbocycles. The van der Waals surface area contributed by atoms with Crippen molar-refractivity contribution >= 4 is 34.4 Å². The monoisotopic (exact) mass is 544 g/mol. The summed E-state index contributed by atoms with van der Waals surface area (Å²) in [4.78, 5) is 12.4. The van der Waals surface area contributed by atoms with Crippen molar-refractivity contribution in [1.29, 1.82) is 0 Å². The zero-order chi connectivity index (χ0) is 28.3. The number of nitrogens with one attached hydrogen (secondary N) is 3. The van der Waals surface area contributed by atoms with Crippen molar-refractivity contribution in [2.75, 3.05) is 5.32 Å². The fourth-order valence-corrected chi connectivity index (χ4v) is 5.68. The maximum atomic E-state index is 14.0. The molecule has 4 heterocycles. The van der Waals surface area contributed by atoms with Crippen LogP contribution in [0.2, 0.25) is 0 Å². The topological polar surface area (TPSA) is 82.3 Å². The van der Waals surface area contributed by atoms with Crippen LogP contribution in [0.1, 0.15) is 44.6 Å². The van der Waals surface area contributed by atoms with Gasteiger partial charge in [-0.2, -0.15) is 5.10 Å². The Morgan fingerprint density at radius 1 is 1.07 bits per heavy atom. The highest BCUT2D eigenvalue weighted by Crippen LogP contribution is 2.31. The summed E-state index contributed by atoms with van der Waals surface area (Å²) < 4.78 is 14.0. The predicted octanol–water partition coefficient (Wildman–Crippen LogP) is 6.95. The van der Waals surface area contributed by atoms with Crippen LogP contribution in [0, 0.1) is 11.7 Å². The molecule has 0 unspecified atom stereocenters. The highest BCUT2D eigenvalue weighted by atomic mass is 19.1. The third-order valence-corrected chi connectivity index (χ3v) is 7.88. The second-order valence-corrected chi connectivity index (χ2v) is 10.6. The highest BCUT2D eigenvalue weighted by Gasteiger charge is 2.17. The molecule has 0 bridgehead atoms. The Hall–Kier alpha value is -4.78. The van der Waals surface area contributed by atoms with Crippen molar-refractivity contribution in [3.05, 3.63) is 102 Å². The van der Waals surface area contributed by atoms with Crippen molar-refractivity contribution in [2.45, 2.75) is 39.0 Å². The van der Waals surface area contributed by atoms with Gasteiger partial charge in [-0.1, -0.05) is 50.6 Å². The number of aromatic nitrogens is 5. The molecule has 0 radical (unpaired) electrons. The summed E-state index contributed by atoms with van der Waals surface area (Å²) in [6.45, 7) is 10.6. The van der Waals surface area contributed by atoms with E-state index in [2.05, 4.69) is 49.7 Å². The second kappa shape index (κ2) is 11.4. The fourth-order valence-electron chi connectivity index (χ4n) is 5.68. The van der Waals surface area contributed by atoms with Gasteiger partial charge in [-0.15, -0.1) is 0 Å². The van der Waals surface area contributed by atoms with Gasteiger partial charge in [0, 0.05) is 34.3 Å². The van der Waals surface area contributed by atoms with E-state index in [0.717, 1.165) is 61.0 Å². The largest absolute Gasteiger partial charge is 0.358 e. The SMILES string of the molecule is C=C(/C=c1/c(-c2cc3c(-c4cccc(F)c4)ccnc3[nH]2)n[nH]/c1=C/C)c1cncc(NC(=C)C2CCCCC2)c1. The molecule has 1 aromatic carbocycles. The molecule has 3 N–H and O–H groups in total. The van der Waals surface area contributed by atoms with E-state index >= 15 is 0 Å². The number of nitrogens with zero attached hydrogens (tertiary/aromatic N) is 3. The zero-order valence-corrected chi connectivity index (χ0v) is 23.2. The van der Waals surface area contributed by atoms with E-state index in [4.69, 9.17) is 0 Å². The first-order chi connectivity index (χ1) is 20.0. The lowest BCUT2D eigenvalue weighted by Crippen LogP contribution is -2.23. The molecule has 0 atom stereocenters. The Labute approximate surface area is 238 Å². The van der Waals surface area contributed by atoms with Gasteiger partial charge in [0.1, 0.15) is 17.2 Å². The summed E-state index contributed by atoms with van der Waals surface area (Å²) in [5.74, 6) is 0.228. The molecular formula is C34H33FN6. The third-order valence-electron chi connectivity index (χ3n) is 7.88. The van der Waals surface area contributed by atoms with Crippen molar-refractivity contribution in [1.82, 2.24) is 25.1 Å². The predicted molar refractivity (Wildman–Crippen MR) is 166 cm³/mol. The number of rotatable bonds is 7. The van der Waals surface area contributed by atoms with Gasteiger partial charge < -0.3 is 10.3 Å². The first-order valence-electron chi connectivity index (χ1n) is 14.1. The number of fused-ring (bicyclic) bond motifs is 1. The molecule has 1 fully saturated rings. The first kappa shape index (κ1) is 26.4. The molecule has 6 nitrogen and oxygen atoms in total. The maximum Gasteiger partial charge on any atom is 0.138 e. The number of halogens is 1. The summed E-state index contributed by atoms with van der Waals surface area (Å²) >= 11 is 0. The Morgan fingerprint density at radius 2 is 1.93 bits per heavy atom. The van der Waals surface area contributed by atoms with Crippen LogP contribution < -0.4 is 15.9 Å². The van der Waals surface area contributed by atoms with Crippen LogP contribution in [-0.2, 0) is 0 Å². The van der Waals surface area contributed by atoms with E-state index in [-0.39, 0.29) is 5.82 Å². The van der Waals surface area contributed by atoms with Crippen LogP contribution in [0.3, 0.4) is 0 Å². The summed E-state index contributed by atoms with van der Waals surface area (Å²) in [5.41, 5.74) is 7.63. The molecule has 41 heavy (non-hydrogen) atoms. The Morgan fingerprint density at radius 3 is 2.73 bits per heavy atom. The summed E-state index contributed by atoms with van der Waals surface area (Å²) in [7, 11) is 0. The third kappa shape index (κ3) is 5.48. The molecule has 7 heteroatoms. The number of aromatic amines is 2. The normalized spacial score (nSPS) is 15.0. The van der Waals surface area contributed by atoms with Crippen LogP contribution in [-0.4, -0.2) is 25.1 Å². The van der Waals surface area contributed by atoms with E-state index in [1.165, 1.54) is 44.2 Å². The quantitative estimate of drug-likeness (QED) is 0.207. The van der Waals surface area contributed by atoms with E-state index in [9.17, 15) is 4.39 Å². The average molecular weight is 545 g/mol. The molecule has 0 saturated heterocycles. The van der Waals surface area contributed by atoms with Gasteiger partial charge in [0.05, 0.1) is 22.9 Å². The maximum absolute atomic E-state index is 14.0. The minimum atomic E-state index is -0.277. The lowest BCUT2D eigenvalue weighted by molar-refractivity contribution is 0.405. The second-order valence-electron chi connectivity index (χ2n) is 10.6. The number of anilines is 1. The molecule has 4 aromatic heterocycles. The number of H-pyrrole nitrogens is 2. The zero-order valence-electron chi connectivity index (χ0n) is 23.2. The lowest BCUT2D eigenvalue weighted by atomic mass is 9.87. The van der Waals surface area contributed by atoms with E-state index in [0.29, 0.717) is 11.6 Å². The van der Waals surface area contributed by atoms with E-state index < -0.39 is 0 Å². The highest BCUT2D eigenvalue weighted by molar-refractivity contribution is 5.96. The smallest absolute Gasteiger partial charge is 0.138 e. The minimum Gasteiger partial charge on any atom is -0.358 e. The van der Waals surface area contributed by atoms with Gasteiger partial charge in [0.15, 0.2) is 0 Å². The number of allylic oxidation sites excluding steroid dienone is 2. The van der Waals surface area contributed by atoms with Crippen LogP contribution >= 0.6 is 0 Å². The van der Waals surface area contributed by atoms with Crippen LogP contribution in [0.4, 0.5) is 10.1 Å². The fraction of sp³-hybridized carbons (Fsp3) is 0.206. The van der Waals surface area contributed by atoms with Gasteiger partial charge in [0.2, 0.25) is 0 Å². The Bertz CT molecular complexity index is 1870. The Kier molecular flexibility index (Phi) is 7.33. The number of pyridine rings is 2. The summed E-state index contributed by atoms with van der Waals surface area (Å²) in [5, 5.41) is 13.9. The Balaban J connectivity index is 1.34. The van der Waals surface area contributed by atoms with Gasteiger partial charge >= 0.3 is 0 Å². The summed E-state index contributed by atoms with van der Waals surface area (Å²) in [6, 6.07) is 12.6. The molecule has 6 rings (SSSR count). The van der Waals surface area contributed by atoms with Crippen molar-refractivity contribution < 1.29 is 4.39 Å². The van der Waals surface area contributed by atoms with E-state index in [1.807, 2.05) is 49.7 Å². The molecule has 0 spiro atoms. The molecule has 206 valence electrons. The standard InChI is InChI=1S/C34H33FN6/c1-4-31-30(15-21(2)25-17-27(20-36-19-25)38-22(3)23-9-6-5-7-10-23)33(41-40-31)32-18-29-28(13-14-37-34(29)39-32)24-11-8-12-26(35)16-24/h4,8,11-20,23,38,40H,2-3,5-7,9-10H2,1H3,(H,37,39)/b30-15+,31-4+. The minimum absolute atomic E-state index is 0.277. The first-order valence-corrected chi connectivity index (χ1v) is 14.1. The van der Waals surface area contributed by atoms with Gasteiger partial charge in [-0.3, -0.25) is 10.1 Å². The number of hydrogen-bond donors (Lipinski definition) is 3. The lowest BCUT2D eigenvalue weighted by Gasteiger charge is -2.24. The molecule has 1 aliphatic rings. The van der Waals surface area contributed by atoms with Crippen molar-refractivity contribution in [3.8, 4) is 22.5 Å². The number of hydrogen-bond acceptors (Lipinski definition) is 4. The molecule has 0 aliphatic heterocycles. The van der Waals surface area contributed by atoms with Crippen LogP contribution in [0.15, 0.2) is 79.9 Å². The van der Waals surface area contributed by atoms with Crippen LogP contribution in [0.25, 0.3) is 51.3 Å². The molecule has 1 saturated carbocycles. The summed E-state index contributed by atoms with van der Waals surface area (Å²) in [6.07, 6.45) is 15.6. The van der Waals surface area contributed by atoms with Crippen molar-refractivity contribution in [3.63, 3.8) is 0 Å². The molecular weight excluding hydrogens is 511 g/mol. The van der Waals surface area contributed by atoms with Gasteiger partial charge in [0.25, 0.3) is 0 Å². The van der Waals surface area contributed by atoms with Gasteiger partial charge in [-0.25, -0.2) is 9.37 Å². The van der Waals surface area contributed by atoms with Gasteiger partial charge in [-0.05, 0) is 78.8 Å².